The van der Waals surface area contributed by atoms with Crippen LogP contribution in [0.15, 0.2) is 67.1 Å². The molecule has 0 bridgehead atoms. The van der Waals surface area contributed by atoms with Crippen molar-refractivity contribution in [2.24, 2.45) is 0 Å². The predicted molar refractivity (Wildman–Crippen MR) is 150 cm³/mol. The van der Waals surface area contributed by atoms with E-state index >= 15 is 0 Å². The molecule has 0 radical (unpaired) electrons. The number of carbonyl (C=O) groups excluding carboxylic acids is 1. The number of nitrogens with zero attached hydrogens (tertiary/aromatic N) is 5. The number of rotatable bonds is 8. The average molecular weight is 519 g/mol. The Labute approximate surface area is 223 Å². The first-order valence-electron chi connectivity index (χ1n) is 12.7. The average Bonchev–Trinajstić information content (AvgIpc) is 3.60. The minimum atomic E-state index is -0.0241. The molecule has 0 saturated carbocycles. The Morgan fingerprint density at radius 2 is 1.87 bits per heavy atom. The van der Waals surface area contributed by atoms with E-state index in [-0.39, 0.29) is 5.91 Å². The largest absolute Gasteiger partial charge is 0.497 e. The van der Waals surface area contributed by atoms with E-state index in [4.69, 9.17) is 14.7 Å². The second kappa shape index (κ2) is 10.3. The van der Waals surface area contributed by atoms with E-state index in [2.05, 4.69) is 37.4 Å². The lowest BCUT2D eigenvalue weighted by molar-refractivity contribution is -0.116. The number of amides is 1. The van der Waals surface area contributed by atoms with Crippen LogP contribution in [-0.4, -0.2) is 48.1 Å². The van der Waals surface area contributed by atoms with Gasteiger partial charge in [0.2, 0.25) is 5.91 Å². The summed E-state index contributed by atoms with van der Waals surface area (Å²) in [6, 6.07) is 15.3. The molecule has 194 valence electrons. The van der Waals surface area contributed by atoms with Gasteiger partial charge in [0.05, 0.1) is 41.4 Å². The molecule has 10 nitrogen and oxygen atoms in total. The van der Waals surface area contributed by atoms with Crippen LogP contribution < -0.4 is 10.1 Å². The lowest BCUT2D eigenvalue weighted by Crippen LogP contribution is -2.11. The van der Waals surface area contributed by atoms with Crippen LogP contribution in [0.5, 0.6) is 5.75 Å². The Balaban J connectivity index is 1.37. The van der Waals surface area contributed by atoms with Crippen molar-refractivity contribution >= 4 is 33.7 Å². The Hall–Kier alpha value is -5.12. The smallest absolute Gasteiger partial charge is 0.224 e. The molecule has 0 aliphatic carbocycles. The van der Waals surface area contributed by atoms with Gasteiger partial charge in [-0.2, -0.15) is 5.10 Å². The lowest BCUT2D eigenvalue weighted by Gasteiger charge is -2.07. The van der Waals surface area contributed by atoms with Crippen LogP contribution in [0.1, 0.15) is 26.2 Å². The van der Waals surface area contributed by atoms with Gasteiger partial charge in [0, 0.05) is 29.9 Å². The summed E-state index contributed by atoms with van der Waals surface area (Å²) in [5, 5.41) is 10.5. The van der Waals surface area contributed by atoms with E-state index in [9.17, 15) is 4.79 Å². The maximum atomic E-state index is 12.2. The van der Waals surface area contributed by atoms with Crippen LogP contribution in [0.3, 0.4) is 0 Å². The van der Waals surface area contributed by atoms with Crippen molar-refractivity contribution in [1.29, 1.82) is 0 Å². The number of fused-ring (bicyclic) bond motifs is 2. The number of H-pyrrole nitrogens is 2. The number of hydrogen-bond donors (Lipinski definition) is 3. The van der Waals surface area contributed by atoms with Crippen LogP contribution in [0.2, 0.25) is 0 Å². The third kappa shape index (κ3) is 4.79. The van der Waals surface area contributed by atoms with Gasteiger partial charge < -0.3 is 15.0 Å². The van der Waals surface area contributed by atoms with Gasteiger partial charge in [0.15, 0.2) is 11.5 Å². The molecule has 0 unspecified atom stereocenters. The van der Waals surface area contributed by atoms with Gasteiger partial charge in [0.1, 0.15) is 16.8 Å². The summed E-state index contributed by atoms with van der Waals surface area (Å²) in [5.41, 5.74) is 7.37. The molecule has 0 saturated heterocycles. The summed E-state index contributed by atoms with van der Waals surface area (Å²) in [6.45, 7) is 2.06. The number of methoxy groups -OCH3 is 1. The molecular formula is C29H26N8O2. The Morgan fingerprint density at radius 3 is 2.74 bits per heavy atom. The Bertz CT molecular complexity index is 1810. The fraction of sp³-hybridized carbons (Fsp3) is 0.172. The zero-order valence-corrected chi connectivity index (χ0v) is 21.5. The number of pyridine rings is 3. The zero-order valence-electron chi connectivity index (χ0n) is 21.5. The topological polar surface area (TPSA) is 134 Å². The second-order valence-corrected chi connectivity index (χ2v) is 9.15. The number of hydrogen-bond acceptors (Lipinski definition) is 7. The summed E-state index contributed by atoms with van der Waals surface area (Å²) in [7, 11) is 1.64. The number of unbranched alkanes of at least 4 members (excludes halogenated alkanes) is 1. The lowest BCUT2D eigenvalue weighted by atomic mass is 10.1. The fourth-order valence-corrected chi connectivity index (χ4v) is 4.46. The summed E-state index contributed by atoms with van der Waals surface area (Å²) in [5.74, 6) is 1.30. The van der Waals surface area contributed by atoms with Gasteiger partial charge in [0.25, 0.3) is 0 Å². The first kappa shape index (κ1) is 24.2. The monoisotopic (exact) mass is 518 g/mol. The summed E-state index contributed by atoms with van der Waals surface area (Å²) < 4.78 is 5.39. The van der Waals surface area contributed by atoms with E-state index in [0.717, 1.165) is 52.0 Å². The van der Waals surface area contributed by atoms with E-state index < -0.39 is 0 Å². The van der Waals surface area contributed by atoms with Crippen molar-refractivity contribution in [3.63, 3.8) is 0 Å². The van der Waals surface area contributed by atoms with Gasteiger partial charge in [-0.15, -0.1) is 0 Å². The fourth-order valence-electron chi connectivity index (χ4n) is 4.46. The van der Waals surface area contributed by atoms with Gasteiger partial charge >= 0.3 is 0 Å². The van der Waals surface area contributed by atoms with Crippen LogP contribution in [0, 0.1) is 0 Å². The number of anilines is 1. The molecule has 0 aliphatic heterocycles. The molecule has 3 N–H and O–H groups in total. The van der Waals surface area contributed by atoms with Crippen LogP contribution in [-0.2, 0) is 4.79 Å². The van der Waals surface area contributed by atoms with Crippen LogP contribution in [0.4, 0.5) is 5.69 Å². The number of nitrogens with one attached hydrogen (secondary N) is 3. The molecule has 5 heterocycles. The summed E-state index contributed by atoms with van der Waals surface area (Å²) >= 11 is 0. The second-order valence-electron chi connectivity index (χ2n) is 9.15. The number of ether oxygens (including phenoxy) is 1. The molecule has 0 spiro atoms. The van der Waals surface area contributed by atoms with Crippen molar-refractivity contribution in [1.82, 2.24) is 35.1 Å². The molecule has 6 rings (SSSR count). The summed E-state index contributed by atoms with van der Waals surface area (Å²) in [6.07, 6.45) is 7.40. The quantitative estimate of drug-likeness (QED) is 0.233. The number of imidazole rings is 1. The van der Waals surface area contributed by atoms with Crippen LogP contribution >= 0.6 is 0 Å². The van der Waals surface area contributed by atoms with Gasteiger partial charge in [-0.3, -0.25) is 19.9 Å². The van der Waals surface area contributed by atoms with Crippen molar-refractivity contribution in [3.05, 3.63) is 67.1 Å². The number of aromatic amines is 2. The van der Waals surface area contributed by atoms with Crippen molar-refractivity contribution in [2.75, 3.05) is 12.4 Å². The van der Waals surface area contributed by atoms with Gasteiger partial charge in [-0.25, -0.2) is 9.97 Å². The molecule has 39 heavy (non-hydrogen) atoms. The molecule has 0 aliphatic rings. The minimum Gasteiger partial charge on any atom is -0.497 e. The first-order valence-corrected chi connectivity index (χ1v) is 12.7. The van der Waals surface area contributed by atoms with E-state index in [0.29, 0.717) is 34.8 Å². The molecule has 1 amide bonds. The standard InChI is InChI=1S/C29H26N8O2/c1-3-4-8-24(38)32-19-13-18(15-30-16-19)21-9-10-23-27(33-21)28(37-36-23)29-34-22-11-12-31-25(26(22)35-29)17-6-5-7-20(14-17)39-2/h5-7,9-16H,3-4,8H2,1-2H3,(H,32,38)(H,34,35)(H,36,37). The summed E-state index contributed by atoms with van der Waals surface area (Å²) in [4.78, 5) is 34.2. The van der Waals surface area contributed by atoms with E-state index in [1.54, 1.807) is 25.7 Å². The van der Waals surface area contributed by atoms with E-state index in [1.165, 1.54) is 0 Å². The molecular weight excluding hydrogens is 492 g/mol. The highest BCUT2D eigenvalue weighted by Gasteiger charge is 2.18. The molecule has 1 aromatic carbocycles. The Kier molecular flexibility index (Phi) is 6.42. The maximum absolute atomic E-state index is 12.2. The highest BCUT2D eigenvalue weighted by molar-refractivity contribution is 5.95. The van der Waals surface area contributed by atoms with Crippen molar-refractivity contribution in [2.45, 2.75) is 26.2 Å². The van der Waals surface area contributed by atoms with Crippen molar-refractivity contribution in [3.8, 4) is 39.8 Å². The zero-order chi connectivity index (χ0) is 26.8. The van der Waals surface area contributed by atoms with Crippen LogP contribution in [0.25, 0.3) is 56.1 Å². The third-order valence-corrected chi connectivity index (χ3v) is 6.45. The molecule has 0 fully saturated rings. The first-order chi connectivity index (χ1) is 19.1. The third-order valence-electron chi connectivity index (χ3n) is 6.45. The SMILES string of the molecule is CCCCC(=O)Nc1cncc(-c2ccc3[nH]nc(-c4nc5c(-c6cccc(OC)c6)nccc5[nH]4)c3n2)c1. The molecule has 0 atom stereocenters. The van der Waals surface area contributed by atoms with Gasteiger partial charge in [-0.1, -0.05) is 25.5 Å². The van der Waals surface area contributed by atoms with E-state index in [1.807, 2.05) is 48.5 Å². The Morgan fingerprint density at radius 1 is 0.974 bits per heavy atom. The number of benzene rings is 1. The number of aromatic nitrogens is 7. The maximum Gasteiger partial charge on any atom is 0.224 e. The highest BCUT2D eigenvalue weighted by Crippen LogP contribution is 2.32. The predicted octanol–water partition coefficient (Wildman–Crippen LogP) is 5.76. The molecule has 5 aromatic heterocycles. The molecule has 6 aromatic rings. The number of carbonyl (C=O) groups is 1. The highest BCUT2D eigenvalue weighted by atomic mass is 16.5. The normalized spacial score (nSPS) is 11.2. The van der Waals surface area contributed by atoms with Gasteiger partial charge in [-0.05, 0) is 42.8 Å². The minimum absolute atomic E-state index is 0.0241. The molecule has 10 heteroatoms. The van der Waals surface area contributed by atoms with Crippen molar-refractivity contribution < 1.29 is 9.53 Å².